The van der Waals surface area contributed by atoms with Crippen LogP contribution in [0.1, 0.15) is 23.6 Å². The second kappa shape index (κ2) is 4.94. The largest absolute Gasteiger partial charge is 0.377 e. The quantitative estimate of drug-likeness (QED) is 0.801. The van der Waals surface area contributed by atoms with E-state index in [2.05, 4.69) is 45.5 Å². The molecule has 0 saturated carbocycles. The van der Waals surface area contributed by atoms with Gasteiger partial charge in [-0.3, -0.25) is 0 Å². The van der Waals surface area contributed by atoms with Crippen LogP contribution in [0.25, 0.3) is 0 Å². The molecule has 1 atom stereocenters. The summed E-state index contributed by atoms with van der Waals surface area (Å²) >= 11 is 9.70. The van der Waals surface area contributed by atoms with Crippen molar-refractivity contribution in [1.82, 2.24) is 0 Å². The monoisotopic (exact) mass is 321 g/mol. The van der Waals surface area contributed by atoms with Gasteiger partial charge in [0.2, 0.25) is 0 Å². The molecular weight excluding hydrogens is 310 g/mol. The smallest absolute Gasteiger partial charge is 0.0638 e. The van der Waals surface area contributed by atoms with Gasteiger partial charge < -0.3 is 5.32 Å². The van der Waals surface area contributed by atoms with Gasteiger partial charge in [-0.25, -0.2) is 0 Å². The van der Waals surface area contributed by atoms with E-state index in [-0.39, 0.29) is 0 Å². The molecule has 0 aromatic heterocycles. The van der Waals surface area contributed by atoms with Gasteiger partial charge in [0.15, 0.2) is 0 Å². The van der Waals surface area contributed by atoms with Crippen molar-refractivity contribution in [2.24, 2.45) is 0 Å². The molecule has 3 rings (SSSR count). The van der Waals surface area contributed by atoms with Gasteiger partial charge in [0.25, 0.3) is 0 Å². The Labute approximate surface area is 120 Å². The topological polar surface area (TPSA) is 12.0 Å². The van der Waals surface area contributed by atoms with Crippen LogP contribution in [0, 0.1) is 0 Å². The Morgan fingerprint density at radius 3 is 2.89 bits per heavy atom. The van der Waals surface area contributed by atoms with E-state index < -0.39 is 0 Å². The van der Waals surface area contributed by atoms with Crippen LogP contribution in [0.3, 0.4) is 0 Å². The predicted molar refractivity (Wildman–Crippen MR) is 80.3 cm³/mol. The van der Waals surface area contributed by atoms with Crippen molar-refractivity contribution in [2.75, 3.05) is 5.32 Å². The number of halogens is 2. The number of anilines is 1. The molecule has 0 fully saturated rings. The molecule has 1 unspecified atom stereocenters. The number of fused-ring (bicyclic) bond motifs is 1. The van der Waals surface area contributed by atoms with Crippen molar-refractivity contribution >= 4 is 33.2 Å². The third-order valence-corrected chi connectivity index (χ3v) is 4.21. The van der Waals surface area contributed by atoms with E-state index in [1.54, 1.807) is 0 Å². The van der Waals surface area contributed by atoms with Gasteiger partial charge in [-0.1, -0.05) is 51.8 Å². The molecule has 1 nitrogen and oxygen atoms in total. The molecule has 0 radical (unpaired) electrons. The number of nitrogens with one attached hydrogen (secondary N) is 1. The molecule has 0 aliphatic heterocycles. The first-order valence-corrected chi connectivity index (χ1v) is 7.20. The molecule has 1 aliphatic carbocycles. The van der Waals surface area contributed by atoms with Gasteiger partial charge in [0.05, 0.1) is 16.8 Å². The van der Waals surface area contributed by atoms with E-state index in [0.717, 1.165) is 28.0 Å². The van der Waals surface area contributed by atoms with E-state index in [4.69, 9.17) is 11.6 Å². The van der Waals surface area contributed by atoms with Crippen molar-refractivity contribution < 1.29 is 0 Å². The highest BCUT2D eigenvalue weighted by molar-refractivity contribution is 9.10. The molecular formula is C15H13BrClN. The molecule has 0 spiro atoms. The van der Waals surface area contributed by atoms with Gasteiger partial charge in [0, 0.05) is 4.47 Å². The number of rotatable bonds is 2. The maximum atomic E-state index is 6.22. The van der Waals surface area contributed by atoms with E-state index in [0.29, 0.717) is 6.04 Å². The first-order chi connectivity index (χ1) is 8.74. The van der Waals surface area contributed by atoms with Crippen LogP contribution in [-0.2, 0) is 6.42 Å². The lowest BCUT2D eigenvalue weighted by molar-refractivity contribution is 0.762. The van der Waals surface area contributed by atoms with Crippen molar-refractivity contribution in [3.63, 3.8) is 0 Å². The fourth-order valence-electron chi connectivity index (χ4n) is 2.50. The summed E-state index contributed by atoms with van der Waals surface area (Å²) in [6.45, 7) is 0. The average molecular weight is 323 g/mol. The van der Waals surface area contributed by atoms with E-state index >= 15 is 0 Å². The summed E-state index contributed by atoms with van der Waals surface area (Å²) in [5.74, 6) is 0. The minimum atomic E-state index is 0.369. The highest BCUT2D eigenvalue weighted by atomic mass is 79.9. The number of hydrogen-bond donors (Lipinski definition) is 1. The Morgan fingerprint density at radius 2 is 2.00 bits per heavy atom. The standard InChI is InChI=1S/C15H13BrClN/c16-11-6-7-13(17)15(9-11)18-14-8-5-10-3-1-2-4-12(10)14/h1-4,6-7,9,14,18H,5,8H2. The molecule has 0 heterocycles. The SMILES string of the molecule is Clc1ccc(Br)cc1NC1CCc2ccccc21. The van der Waals surface area contributed by atoms with Crippen LogP contribution in [0.15, 0.2) is 46.9 Å². The zero-order chi connectivity index (χ0) is 12.5. The molecule has 2 aromatic rings. The van der Waals surface area contributed by atoms with E-state index in [9.17, 15) is 0 Å². The lowest BCUT2D eigenvalue weighted by atomic mass is 10.1. The first-order valence-electron chi connectivity index (χ1n) is 6.03. The fourth-order valence-corrected chi connectivity index (χ4v) is 3.04. The van der Waals surface area contributed by atoms with Crippen LogP contribution in [0.5, 0.6) is 0 Å². The molecule has 0 bridgehead atoms. The van der Waals surface area contributed by atoms with Crippen molar-refractivity contribution in [1.29, 1.82) is 0 Å². The number of benzene rings is 2. The van der Waals surface area contributed by atoms with Crippen molar-refractivity contribution in [3.05, 3.63) is 63.1 Å². The summed E-state index contributed by atoms with van der Waals surface area (Å²) in [5, 5.41) is 4.31. The Bertz CT molecular complexity index is 582. The van der Waals surface area contributed by atoms with Gasteiger partial charge >= 0.3 is 0 Å². The molecule has 1 N–H and O–H groups in total. The van der Waals surface area contributed by atoms with Gasteiger partial charge in [-0.2, -0.15) is 0 Å². The normalized spacial score (nSPS) is 17.6. The molecule has 18 heavy (non-hydrogen) atoms. The summed E-state index contributed by atoms with van der Waals surface area (Å²) < 4.78 is 1.04. The predicted octanol–water partition coefficient (Wildman–Crippen LogP) is 5.20. The fraction of sp³-hybridized carbons (Fsp3) is 0.200. The van der Waals surface area contributed by atoms with E-state index in [1.165, 1.54) is 11.1 Å². The molecule has 3 heteroatoms. The first kappa shape index (κ1) is 12.1. The van der Waals surface area contributed by atoms with E-state index in [1.807, 2.05) is 18.2 Å². The minimum Gasteiger partial charge on any atom is -0.377 e. The Kier molecular flexibility index (Phi) is 3.31. The van der Waals surface area contributed by atoms with Crippen molar-refractivity contribution in [2.45, 2.75) is 18.9 Å². The summed E-state index contributed by atoms with van der Waals surface area (Å²) in [6.07, 6.45) is 2.27. The van der Waals surface area contributed by atoms with Crippen LogP contribution >= 0.6 is 27.5 Å². The summed E-state index contributed by atoms with van der Waals surface area (Å²) in [4.78, 5) is 0. The molecule has 1 aliphatic rings. The second-order valence-corrected chi connectivity index (χ2v) is 5.88. The zero-order valence-electron chi connectivity index (χ0n) is 9.79. The number of aryl methyl sites for hydroxylation is 1. The van der Waals surface area contributed by atoms with Gasteiger partial charge in [0.1, 0.15) is 0 Å². The maximum Gasteiger partial charge on any atom is 0.0638 e. The maximum absolute atomic E-state index is 6.22. The minimum absolute atomic E-state index is 0.369. The van der Waals surface area contributed by atoms with Crippen LogP contribution in [0.4, 0.5) is 5.69 Å². The average Bonchev–Trinajstić information content (AvgIpc) is 2.78. The lowest BCUT2D eigenvalue weighted by Crippen LogP contribution is -2.07. The Hall–Kier alpha value is -0.990. The summed E-state index contributed by atoms with van der Waals surface area (Å²) in [6, 6.07) is 14.9. The molecule has 2 aromatic carbocycles. The highest BCUT2D eigenvalue weighted by Gasteiger charge is 2.22. The lowest BCUT2D eigenvalue weighted by Gasteiger charge is -2.17. The van der Waals surface area contributed by atoms with Crippen LogP contribution < -0.4 is 5.32 Å². The highest BCUT2D eigenvalue weighted by Crippen LogP contribution is 2.36. The summed E-state index contributed by atoms with van der Waals surface area (Å²) in [7, 11) is 0. The second-order valence-electron chi connectivity index (χ2n) is 4.56. The molecule has 0 saturated heterocycles. The van der Waals surface area contributed by atoms with Crippen LogP contribution in [0.2, 0.25) is 5.02 Å². The Morgan fingerprint density at radius 1 is 1.17 bits per heavy atom. The zero-order valence-corrected chi connectivity index (χ0v) is 12.1. The Balaban J connectivity index is 1.88. The van der Waals surface area contributed by atoms with Gasteiger partial charge in [-0.15, -0.1) is 0 Å². The third-order valence-electron chi connectivity index (χ3n) is 3.39. The van der Waals surface area contributed by atoms with Gasteiger partial charge in [-0.05, 0) is 42.2 Å². The number of hydrogen-bond acceptors (Lipinski definition) is 1. The van der Waals surface area contributed by atoms with Crippen molar-refractivity contribution in [3.8, 4) is 0 Å². The third kappa shape index (κ3) is 2.27. The summed E-state index contributed by atoms with van der Waals surface area (Å²) in [5.41, 5.74) is 3.84. The van der Waals surface area contributed by atoms with Crippen LogP contribution in [-0.4, -0.2) is 0 Å². The molecule has 0 amide bonds. The molecule has 92 valence electrons.